The predicted molar refractivity (Wildman–Crippen MR) is 89.3 cm³/mol. The highest BCUT2D eigenvalue weighted by Crippen LogP contribution is 2.21. The Balaban J connectivity index is 2.70. The van der Waals surface area contributed by atoms with E-state index in [2.05, 4.69) is 5.32 Å². The highest BCUT2D eigenvalue weighted by Gasteiger charge is 2.18. The molecule has 1 aromatic carbocycles. The third-order valence-corrected chi connectivity index (χ3v) is 4.45. The van der Waals surface area contributed by atoms with Crippen LogP contribution in [0.1, 0.15) is 13.3 Å². The van der Waals surface area contributed by atoms with Gasteiger partial charge in [0, 0.05) is 20.7 Å². The van der Waals surface area contributed by atoms with Gasteiger partial charge in [0.05, 0.1) is 18.6 Å². The fourth-order valence-corrected chi connectivity index (χ4v) is 2.31. The van der Waals surface area contributed by atoms with E-state index in [-0.39, 0.29) is 5.91 Å². The summed E-state index contributed by atoms with van der Waals surface area (Å²) in [5.74, 6) is 0.297. The van der Waals surface area contributed by atoms with Crippen LogP contribution in [-0.4, -0.2) is 54.0 Å². The maximum atomic E-state index is 12.0. The van der Waals surface area contributed by atoms with Gasteiger partial charge in [-0.3, -0.25) is 9.10 Å². The number of anilines is 1. The molecule has 1 rings (SSSR count). The lowest BCUT2D eigenvalue weighted by Gasteiger charge is -2.19. The molecule has 0 aliphatic carbocycles. The Bertz CT molecular complexity index is 601. The quantitative estimate of drug-likeness (QED) is 0.676. The van der Waals surface area contributed by atoms with E-state index >= 15 is 0 Å². The minimum absolute atomic E-state index is 0.207. The number of sulfonamides is 1. The van der Waals surface area contributed by atoms with Crippen molar-refractivity contribution in [2.24, 2.45) is 0 Å². The van der Waals surface area contributed by atoms with E-state index < -0.39 is 16.1 Å². The van der Waals surface area contributed by atoms with Crippen LogP contribution < -0.4 is 14.4 Å². The molecule has 0 saturated carbocycles. The summed E-state index contributed by atoms with van der Waals surface area (Å²) >= 11 is 0. The van der Waals surface area contributed by atoms with Crippen molar-refractivity contribution in [3.05, 3.63) is 24.3 Å². The molecule has 0 radical (unpaired) electrons. The maximum absolute atomic E-state index is 12.0. The molecule has 23 heavy (non-hydrogen) atoms. The Hall–Kier alpha value is -1.80. The molecular weight excluding hydrogens is 320 g/mol. The first-order valence-electron chi connectivity index (χ1n) is 7.26. The minimum atomic E-state index is -3.31. The fourth-order valence-electron chi connectivity index (χ4n) is 1.80. The molecule has 0 spiro atoms. The van der Waals surface area contributed by atoms with Gasteiger partial charge in [-0.1, -0.05) is 6.92 Å². The Morgan fingerprint density at radius 3 is 2.39 bits per heavy atom. The highest BCUT2D eigenvalue weighted by molar-refractivity contribution is 7.92. The molecular formula is C15H24N2O5S. The number of hydrogen-bond acceptors (Lipinski definition) is 5. The van der Waals surface area contributed by atoms with Gasteiger partial charge in [0.25, 0.3) is 5.91 Å². The standard InChI is InChI=1S/C15H24N2O5S/c1-5-14(15(18)16-10-11-21-3)22-13-8-6-12(7-9-13)17(2)23(4,19)20/h6-9,14H,5,10-11H2,1-4H3,(H,16,18). The van der Waals surface area contributed by atoms with Crippen LogP contribution in [-0.2, 0) is 19.6 Å². The van der Waals surface area contributed by atoms with E-state index in [4.69, 9.17) is 9.47 Å². The monoisotopic (exact) mass is 344 g/mol. The average Bonchev–Trinajstić information content (AvgIpc) is 2.51. The molecule has 1 amide bonds. The van der Waals surface area contributed by atoms with Gasteiger partial charge in [-0.05, 0) is 30.7 Å². The largest absolute Gasteiger partial charge is 0.481 e. The molecule has 0 aliphatic heterocycles. The molecule has 0 heterocycles. The topological polar surface area (TPSA) is 84.9 Å². The molecule has 1 atom stereocenters. The van der Waals surface area contributed by atoms with Crippen molar-refractivity contribution in [2.75, 3.05) is 37.9 Å². The smallest absolute Gasteiger partial charge is 0.261 e. The number of nitrogens with zero attached hydrogens (tertiary/aromatic N) is 1. The average molecular weight is 344 g/mol. The summed E-state index contributed by atoms with van der Waals surface area (Å²) in [6, 6.07) is 6.54. The van der Waals surface area contributed by atoms with Gasteiger partial charge in [-0.25, -0.2) is 8.42 Å². The molecule has 8 heteroatoms. The van der Waals surface area contributed by atoms with Crippen molar-refractivity contribution in [2.45, 2.75) is 19.4 Å². The lowest BCUT2D eigenvalue weighted by atomic mass is 10.2. The summed E-state index contributed by atoms with van der Waals surface area (Å²) in [7, 11) is -0.266. The molecule has 1 unspecified atom stereocenters. The van der Waals surface area contributed by atoms with Crippen molar-refractivity contribution in [1.82, 2.24) is 5.32 Å². The van der Waals surface area contributed by atoms with Crippen LogP contribution >= 0.6 is 0 Å². The summed E-state index contributed by atoms with van der Waals surface area (Å²) in [5, 5.41) is 2.73. The molecule has 0 saturated heterocycles. The molecule has 130 valence electrons. The first-order chi connectivity index (χ1) is 10.8. The van der Waals surface area contributed by atoms with E-state index in [9.17, 15) is 13.2 Å². The molecule has 0 fully saturated rings. The number of amides is 1. The van der Waals surface area contributed by atoms with Crippen LogP contribution in [0, 0.1) is 0 Å². The first-order valence-corrected chi connectivity index (χ1v) is 9.11. The van der Waals surface area contributed by atoms with Gasteiger partial charge < -0.3 is 14.8 Å². The van der Waals surface area contributed by atoms with Crippen LogP contribution in [0.5, 0.6) is 5.75 Å². The second-order valence-corrected chi connectivity index (χ2v) is 7.04. The van der Waals surface area contributed by atoms with Crippen LogP contribution in [0.15, 0.2) is 24.3 Å². The molecule has 7 nitrogen and oxygen atoms in total. The van der Waals surface area contributed by atoms with Gasteiger partial charge in [-0.2, -0.15) is 0 Å². The molecule has 0 bridgehead atoms. The van der Waals surface area contributed by atoms with Crippen molar-refractivity contribution in [3.63, 3.8) is 0 Å². The van der Waals surface area contributed by atoms with E-state index in [1.54, 1.807) is 31.4 Å². The zero-order valence-electron chi connectivity index (χ0n) is 13.9. The number of methoxy groups -OCH3 is 1. The van der Waals surface area contributed by atoms with Crippen LogP contribution in [0.4, 0.5) is 5.69 Å². The van der Waals surface area contributed by atoms with Crippen LogP contribution in [0.2, 0.25) is 0 Å². The summed E-state index contributed by atoms with van der Waals surface area (Å²) in [6.07, 6.45) is 1.05. The Kier molecular flexibility index (Phi) is 7.31. The Labute approximate surface area is 137 Å². The van der Waals surface area contributed by atoms with Gasteiger partial charge in [0.2, 0.25) is 10.0 Å². The highest BCUT2D eigenvalue weighted by atomic mass is 32.2. The Morgan fingerprint density at radius 2 is 1.91 bits per heavy atom. The zero-order chi connectivity index (χ0) is 17.5. The summed E-state index contributed by atoms with van der Waals surface area (Å²) < 4.78 is 34.7. The molecule has 0 aliphatic rings. The fraction of sp³-hybridized carbons (Fsp3) is 0.533. The summed E-state index contributed by atoms with van der Waals surface area (Å²) in [4.78, 5) is 12.0. The number of carbonyl (C=O) groups is 1. The summed E-state index contributed by atoms with van der Waals surface area (Å²) in [6.45, 7) is 2.72. The van der Waals surface area contributed by atoms with Crippen LogP contribution in [0.3, 0.4) is 0 Å². The maximum Gasteiger partial charge on any atom is 0.261 e. The van der Waals surface area contributed by atoms with E-state index in [1.165, 1.54) is 11.4 Å². The number of hydrogen-bond donors (Lipinski definition) is 1. The molecule has 1 N–H and O–H groups in total. The first kappa shape index (κ1) is 19.2. The third-order valence-electron chi connectivity index (χ3n) is 3.24. The van der Waals surface area contributed by atoms with Gasteiger partial charge >= 0.3 is 0 Å². The van der Waals surface area contributed by atoms with Crippen molar-refractivity contribution < 1.29 is 22.7 Å². The number of rotatable bonds is 9. The van der Waals surface area contributed by atoms with Crippen molar-refractivity contribution in [3.8, 4) is 5.75 Å². The van der Waals surface area contributed by atoms with Crippen molar-refractivity contribution in [1.29, 1.82) is 0 Å². The molecule has 1 aromatic rings. The number of nitrogens with one attached hydrogen (secondary N) is 1. The second-order valence-electron chi connectivity index (χ2n) is 5.02. The SMILES string of the molecule is CCC(Oc1ccc(N(C)S(C)(=O)=O)cc1)C(=O)NCCOC. The minimum Gasteiger partial charge on any atom is -0.481 e. The lowest BCUT2D eigenvalue weighted by molar-refractivity contribution is -0.128. The van der Waals surface area contributed by atoms with E-state index in [1.807, 2.05) is 6.92 Å². The van der Waals surface area contributed by atoms with Gasteiger partial charge in [-0.15, -0.1) is 0 Å². The third kappa shape index (κ3) is 6.07. The number of benzene rings is 1. The van der Waals surface area contributed by atoms with Crippen molar-refractivity contribution >= 4 is 21.6 Å². The number of carbonyl (C=O) groups excluding carboxylic acids is 1. The lowest BCUT2D eigenvalue weighted by Crippen LogP contribution is -2.39. The van der Waals surface area contributed by atoms with Crippen LogP contribution in [0.25, 0.3) is 0 Å². The van der Waals surface area contributed by atoms with Gasteiger partial charge in [0.1, 0.15) is 5.75 Å². The normalized spacial score (nSPS) is 12.5. The Morgan fingerprint density at radius 1 is 1.30 bits per heavy atom. The summed E-state index contributed by atoms with van der Waals surface area (Å²) in [5.41, 5.74) is 0.525. The van der Waals surface area contributed by atoms with Gasteiger partial charge in [0.15, 0.2) is 6.10 Å². The van der Waals surface area contributed by atoms with E-state index in [0.29, 0.717) is 31.0 Å². The predicted octanol–water partition coefficient (Wildman–Crippen LogP) is 1.00. The molecule has 0 aromatic heterocycles. The number of ether oxygens (including phenoxy) is 2. The zero-order valence-corrected chi connectivity index (χ0v) is 14.7. The van der Waals surface area contributed by atoms with E-state index in [0.717, 1.165) is 6.26 Å². The second kappa shape index (κ2) is 8.73.